The fraction of sp³-hybridized carbons (Fsp3) is 0.379. The van der Waals surface area contributed by atoms with Crippen LogP contribution in [0.5, 0.6) is 5.75 Å². The fourth-order valence-electron chi connectivity index (χ4n) is 4.93. The number of rotatable bonds is 12. The summed E-state index contributed by atoms with van der Waals surface area (Å²) in [5.41, 5.74) is 1.96. The van der Waals surface area contributed by atoms with Gasteiger partial charge < -0.3 is 29.3 Å². The summed E-state index contributed by atoms with van der Waals surface area (Å²) in [6.07, 6.45) is -3.81. The summed E-state index contributed by atoms with van der Waals surface area (Å²) in [5.74, 6) is 0.676. The van der Waals surface area contributed by atoms with E-state index in [1.54, 1.807) is 28.8 Å². The first-order chi connectivity index (χ1) is 19.1. The molecule has 0 saturated carbocycles. The fourth-order valence-corrected chi connectivity index (χ4v) is 6.08. The number of hydrogen-bond acceptors (Lipinski definition) is 8. The third-order valence-corrected chi connectivity index (χ3v) is 8.05. The first kappa shape index (κ1) is 30.4. The van der Waals surface area contributed by atoms with Gasteiger partial charge >= 0.3 is 7.82 Å². The molecule has 6 atom stereocenters. The summed E-state index contributed by atoms with van der Waals surface area (Å²) in [4.78, 5) is 10.3. The van der Waals surface area contributed by atoms with Crippen molar-refractivity contribution < 1.29 is 42.9 Å². The molecule has 1 heterocycles. The van der Waals surface area contributed by atoms with Crippen molar-refractivity contribution in [3.63, 3.8) is 0 Å². The van der Waals surface area contributed by atoms with Gasteiger partial charge in [0.25, 0.3) is 0 Å². The monoisotopic (exact) mass is 570 g/mol. The number of benzene rings is 3. The van der Waals surface area contributed by atoms with Crippen molar-refractivity contribution in [1.29, 1.82) is 0 Å². The molecular formula is C29H36BO9P. The average Bonchev–Trinajstić information content (AvgIpc) is 3.21. The maximum atomic E-state index is 12.6. The van der Waals surface area contributed by atoms with Crippen molar-refractivity contribution in [2.24, 2.45) is 0 Å². The van der Waals surface area contributed by atoms with Crippen LogP contribution in [0.1, 0.15) is 36.1 Å². The Bertz CT molecular complexity index is 1220. The zero-order valence-electron chi connectivity index (χ0n) is 23.0. The van der Waals surface area contributed by atoms with Crippen LogP contribution in [0.3, 0.4) is 0 Å². The van der Waals surface area contributed by atoms with Gasteiger partial charge in [0.05, 0.1) is 32.4 Å². The number of ether oxygens (including phenoxy) is 3. The number of phosphoric ester groups is 1. The Balaban J connectivity index is 1.77. The van der Waals surface area contributed by atoms with Crippen LogP contribution in [0.2, 0.25) is 0 Å². The first-order valence-corrected chi connectivity index (χ1v) is 14.7. The van der Waals surface area contributed by atoms with E-state index < -0.39 is 43.8 Å². The summed E-state index contributed by atoms with van der Waals surface area (Å²) in [6, 6.07) is 23.9. The molecule has 1 fully saturated rings. The van der Waals surface area contributed by atoms with Gasteiger partial charge in [-0.25, -0.2) is 4.57 Å². The summed E-state index contributed by atoms with van der Waals surface area (Å²) in [6.45, 7) is 3.02. The zero-order valence-corrected chi connectivity index (χ0v) is 23.9. The minimum atomic E-state index is -4.49. The van der Waals surface area contributed by atoms with E-state index in [1.807, 2.05) is 78.9 Å². The highest BCUT2D eigenvalue weighted by Gasteiger charge is 2.48. The smallest absolute Gasteiger partial charge is 0.472 e. The molecule has 40 heavy (non-hydrogen) atoms. The van der Waals surface area contributed by atoms with E-state index in [2.05, 4.69) is 0 Å². The largest absolute Gasteiger partial charge is 0.497 e. The molecule has 3 aromatic carbocycles. The molecular weight excluding hydrogens is 534 g/mol. The second kappa shape index (κ2) is 13.0. The molecule has 0 amide bonds. The van der Waals surface area contributed by atoms with Crippen LogP contribution in [-0.4, -0.2) is 67.1 Å². The number of hydrogen-bond donors (Lipinski definition) is 3. The Morgan fingerprint density at radius 1 is 0.975 bits per heavy atom. The molecule has 9 nitrogen and oxygen atoms in total. The standard InChI is InChI=1S/C29H36BO9P/c1-19(2)38-40(33,34)39-27-25(37-28(30)26(27)32)18-36-29(21-7-5-4-6-8-21,22-11-9-20(17-31)10-12-22)23-13-15-24(35-3)16-14-23/h4-16,19,25-28,31-32H,17-18,30H2,1-3H3,(H,33,34)/t25-,26?,27?,28-,29?/m1/s1. The minimum Gasteiger partial charge on any atom is -0.497 e. The summed E-state index contributed by atoms with van der Waals surface area (Å²) >= 11 is 0. The predicted molar refractivity (Wildman–Crippen MR) is 152 cm³/mol. The Labute approximate surface area is 235 Å². The van der Waals surface area contributed by atoms with Gasteiger partial charge in [-0.15, -0.1) is 0 Å². The van der Waals surface area contributed by atoms with Gasteiger partial charge in [-0.2, -0.15) is 0 Å². The Morgan fingerprint density at radius 2 is 1.55 bits per heavy atom. The lowest BCUT2D eigenvalue weighted by molar-refractivity contribution is -0.0756. The van der Waals surface area contributed by atoms with Gasteiger partial charge in [-0.1, -0.05) is 66.7 Å². The normalized spacial score (nSPS) is 24.0. The van der Waals surface area contributed by atoms with Gasteiger partial charge in [0, 0.05) is 0 Å². The van der Waals surface area contributed by atoms with Crippen LogP contribution in [-0.2, 0) is 35.3 Å². The molecule has 0 aromatic heterocycles. The quantitative estimate of drug-likeness (QED) is 0.171. The van der Waals surface area contributed by atoms with Crippen molar-refractivity contribution in [3.8, 4) is 5.75 Å². The maximum Gasteiger partial charge on any atom is 0.472 e. The van der Waals surface area contributed by atoms with Crippen LogP contribution in [0.15, 0.2) is 78.9 Å². The number of aliphatic hydroxyl groups excluding tert-OH is 2. The minimum absolute atomic E-state index is 0.101. The molecule has 1 aliphatic heterocycles. The van der Waals surface area contributed by atoms with E-state index in [-0.39, 0.29) is 13.2 Å². The molecule has 0 radical (unpaired) electrons. The second-order valence-corrected chi connectivity index (χ2v) is 11.4. The zero-order chi connectivity index (χ0) is 28.9. The van der Waals surface area contributed by atoms with E-state index >= 15 is 0 Å². The summed E-state index contributed by atoms with van der Waals surface area (Å²) in [7, 11) is -1.23. The topological polar surface area (TPSA) is 124 Å². The molecule has 0 spiro atoms. The van der Waals surface area contributed by atoms with E-state index in [9.17, 15) is 19.7 Å². The van der Waals surface area contributed by atoms with Gasteiger partial charge in [-0.05, 0) is 48.2 Å². The Morgan fingerprint density at radius 3 is 2.10 bits per heavy atom. The van der Waals surface area contributed by atoms with Crippen LogP contribution in [0.25, 0.3) is 0 Å². The first-order valence-electron chi connectivity index (χ1n) is 13.2. The lowest BCUT2D eigenvalue weighted by atomic mass is 9.79. The molecule has 0 aliphatic carbocycles. The van der Waals surface area contributed by atoms with E-state index in [0.29, 0.717) is 5.75 Å². The Kier molecular flexibility index (Phi) is 9.87. The molecule has 1 saturated heterocycles. The molecule has 11 heteroatoms. The molecule has 4 rings (SSSR count). The van der Waals surface area contributed by atoms with Gasteiger partial charge in [0.1, 0.15) is 37.5 Å². The summed E-state index contributed by atoms with van der Waals surface area (Å²) in [5, 5.41) is 20.4. The van der Waals surface area contributed by atoms with Gasteiger partial charge in [-0.3, -0.25) is 9.05 Å². The molecule has 214 valence electrons. The number of aliphatic hydroxyl groups is 2. The SMILES string of the molecule is B[C@@H]1O[C@H](COC(c2ccccc2)(c2ccc(CO)cc2)c2ccc(OC)cc2)C(OP(=O)(O)OC(C)C)C1O. The third kappa shape index (κ3) is 6.68. The van der Waals surface area contributed by atoms with Crippen LogP contribution in [0, 0.1) is 0 Å². The van der Waals surface area contributed by atoms with Crippen LogP contribution < -0.4 is 4.74 Å². The van der Waals surface area contributed by atoms with Crippen LogP contribution in [0.4, 0.5) is 0 Å². The maximum absolute atomic E-state index is 12.6. The second-order valence-electron chi connectivity index (χ2n) is 10.0. The third-order valence-electron chi connectivity index (χ3n) is 6.86. The number of methoxy groups -OCH3 is 1. The lowest BCUT2D eigenvalue weighted by Crippen LogP contribution is -2.40. The van der Waals surface area contributed by atoms with Gasteiger partial charge in [0.15, 0.2) is 0 Å². The molecule has 0 bridgehead atoms. The highest BCUT2D eigenvalue weighted by atomic mass is 31.2. The lowest BCUT2D eigenvalue weighted by Gasteiger charge is -2.37. The molecule has 3 N–H and O–H groups in total. The number of phosphoric acid groups is 1. The summed E-state index contributed by atoms with van der Waals surface area (Å²) < 4.78 is 41.3. The predicted octanol–water partition coefficient (Wildman–Crippen LogP) is 3.13. The van der Waals surface area contributed by atoms with Gasteiger partial charge in [0.2, 0.25) is 0 Å². The average molecular weight is 570 g/mol. The molecule has 1 aliphatic rings. The van der Waals surface area contributed by atoms with Crippen molar-refractivity contribution in [3.05, 3.63) is 101 Å². The van der Waals surface area contributed by atoms with E-state index in [4.69, 9.17) is 23.3 Å². The highest BCUT2D eigenvalue weighted by molar-refractivity contribution is 7.47. The van der Waals surface area contributed by atoms with Crippen LogP contribution >= 0.6 is 7.82 Å². The molecule has 3 aromatic rings. The van der Waals surface area contributed by atoms with E-state index in [1.165, 1.54) is 0 Å². The van der Waals surface area contributed by atoms with E-state index in [0.717, 1.165) is 22.3 Å². The highest BCUT2D eigenvalue weighted by Crippen LogP contribution is 2.49. The van der Waals surface area contributed by atoms with Crippen molar-refractivity contribution >= 4 is 15.7 Å². The van der Waals surface area contributed by atoms with Crippen molar-refractivity contribution in [1.82, 2.24) is 0 Å². The van der Waals surface area contributed by atoms with Crippen molar-refractivity contribution in [2.45, 2.75) is 56.5 Å². The Hall–Kier alpha value is -2.53. The van der Waals surface area contributed by atoms with Crippen molar-refractivity contribution in [2.75, 3.05) is 13.7 Å². The molecule has 4 unspecified atom stereocenters.